The minimum absolute atomic E-state index is 0.225. The molecule has 0 bridgehead atoms. The van der Waals surface area contributed by atoms with Gasteiger partial charge in [-0.15, -0.1) is 11.3 Å². The van der Waals surface area contributed by atoms with Crippen molar-refractivity contribution in [1.29, 1.82) is 0 Å². The monoisotopic (exact) mass is 463 g/mol. The molecule has 1 amide bonds. The van der Waals surface area contributed by atoms with Crippen molar-refractivity contribution in [2.75, 3.05) is 13.1 Å². The second-order valence-corrected chi connectivity index (χ2v) is 8.79. The summed E-state index contributed by atoms with van der Waals surface area (Å²) in [5, 5.41) is 3.16. The van der Waals surface area contributed by atoms with Gasteiger partial charge < -0.3 is 9.47 Å². The van der Waals surface area contributed by atoms with E-state index in [4.69, 9.17) is 28.2 Å². The molecule has 156 valence electrons. The molecule has 0 aliphatic carbocycles. The average Bonchev–Trinajstić information content (AvgIpc) is 3.30. The van der Waals surface area contributed by atoms with Crippen LogP contribution in [0.15, 0.2) is 52.8 Å². The van der Waals surface area contributed by atoms with Crippen molar-refractivity contribution in [3.8, 4) is 11.3 Å². The van der Waals surface area contributed by atoms with Gasteiger partial charge >= 0.3 is 0 Å². The van der Waals surface area contributed by atoms with Gasteiger partial charge in [0, 0.05) is 42.0 Å². The van der Waals surface area contributed by atoms with Crippen LogP contribution in [0.1, 0.15) is 19.3 Å². The molecule has 0 radical (unpaired) electrons. The maximum absolute atomic E-state index is 13.3. The van der Waals surface area contributed by atoms with Crippen molar-refractivity contribution >= 4 is 46.1 Å². The zero-order valence-corrected chi connectivity index (χ0v) is 18.5. The maximum Gasteiger partial charge on any atom is 0.222 e. The van der Waals surface area contributed by atoms with Gasteiger partial charge in [0.05, 0.1) is 16.4 Å². The summed E-state index contributed by atoms with van der Waals surface area (Å²) in [5.41, 5.74) is 2.49. The first-order valence-corrected chi connectivity index (χ1v) is 11.4. The van der Waals surface area contributed by atoms with Crippen LogP contribution in [-0.2, 0) is 11.3 Å². The van der Waals surface area contributed by atoms with Crippen molar-refractivity contribution in [2.24, 2.45) is 4.99 Å². The van der Waals surface area contributed by atoms with E-state index < -0.39 is 0 Å². The fourth-order valence-corrected chi connectivity index (χ4v) is 4.99. The highest BCUT2D eigenvalue weighted by Crippen LogP contribution is 2.31. The molecular formula is C22H20Cl2FN3OS. The zero-order valence-electron chi connectivity index (χ0n) is 16.2. The molecule has 0 spiro atoms. The van der Waals surface area contributed by atoms with E-state index >= 15 is 0 Å². The van der Waals surface area contributed by atoms with Crippen LogP contribution >= 0.6 is 34.5 Å². The number of hydrogen-bond acceptors (Lipinski definition) is 3. The summed E-state index contributed by atoms with van der Waals surface area (Å²) in [6.07, 6.45) is 2.38. The van der Waals surface area contributed by atoms with Gasteiger partial charge in [0.25, 0.3) is 0 Å². The van der Waals surface area contributed by atoms with E-state index in [0.717, 1.165) is 35.4 Å². The molecule has 0 saturated carbocycles. The molecule has 4 rings (SSSR count). The normalized spacial score (nSPS) is 14.7. The summed E-state index contributed by atoms with van der Waals surface area (Å²) >= 11 is 14.0. The lowest BCUT2D eigenvalue weighted by Crippen LogP contribution is -2.27. The fraction of sp³-hybridized carbons (Fsp3) is 0.273. The lowest BCUT2D eigenvalue weighted by Gasteiger charge is -2.16. The Morgan fingerprint density at radius 1 is 1.10 bits per heavy atom. The van der Waals surface area contributed by atoms with Crippen LogP contribution in [0.2, 0.25) is 10.0 Å². The van der Waals surface area contributed by atoms with E-state index in [0.29, 0.717) is 35.2 Å². The van der Waals surface area contributed by atoms with Crippen molar-refractivity contribution in [3.05, 3.63) is 68.5 Å². The first kappa shape index (κ1) is 21.1. The topological polar surface area (TPSA) is 37.6 Å². The second kappa shape index (κ2) is 9.33. The number of aromatic nitrogens is 1. The van der Waals surface area contributed by atoms with Gasteiger partial charge in [0.15, 0.2) is 4.80 Å². The van der Waals surface area contributed by atoms with E-state index in [1.165, 1.54) is 23.5 Å². The molecule has 8 heteroatoms. The predicted octanol–water partition coefficient (Wildman–Crippen LogP) is 5.91. The summed E-state index contributed by atoms with van der Waals surface area (Å²) in [6.45, 7) is 2.23. The molecule has 1 fully saturated rings. The molecule has 0 N–H and O–H groups in total. The standard InChI is InChI=1S/C22H20Cl2FN3OS/c23-15-4-9-18(19(24)13-15)20-14-30-22(26-17-7-5-16(25)6-8-17)28(20)12-2-11-27-10-1-3-21(27)29/h4-9,13-14H,1-3,10-12H2. The Labute approximate surface area is 188 Å². The van der Waals surface area contributed by atoms with Gasteiger partial charge in [-0.2, -0.15) is 0 Å². The van der Waals surface area contributed by atoms with Crippen molar-refractivity contribution in [1.82, 2.24) is 9.47 Å². The summed E-state index contributed by atoms with van der Waals surface area (Å²) in [6, 6.07) is 11.5. The van der Waals surface area contributed by atoms with Gasteiger partial charge in [0.1, 0.15) is 5.82 Å². The summed E-state index contributed by atoms with van der Waals surface area (Å²) in [7, 11) is 0. The number of thiazole rings is 1. The Morgan fingerprint density at radius 3 is 2.60 bits per heavy atom. The first-order valence-electron chi connectivity index (χ1n) is 9.73. The Bertz CT molecular complexity index is 1120. The van der Waals surface area contributed by atoms with Crippen LogP contribution < -0.4 is 4.80 Å². The number of nitrogens with zero attached hydrogens (tertiary/aromatic N) is 3. The minimum atomic E-state index is -0.295. The molecule has 1 aliphatic rings. The molecule has 4 nitrogen and oxygen atoms in total. The van der Waals surface area contributed by atoms with Crippen molar-refractivity contribution in [2.45, 2.75) is 25.8 Å². The van der Waals surface area contributed by atoms with E-state index in [-0.39, 0.29) is 11.7 Å². The molecule has 0 unspecified atom stereocenters. The molecule has 2 heterocycles. The summed E-state index contributed by atoms with van der Waals surface area (Å²) < 4.78 is 15.4. The van der Waals surface area contributed by atoms with Crippen LogP contribution in [0.3, 0.4) is 0 Å². The number of hydrogen-bond donors (Lipinski definition) is 0. The highest BCUT2D eigenvalue weighted by Gasteiger charge is 2.19. The van der Waals surface area contributed by atoms with Gasteiger partial charge in [-0.3, -0.25) is 4.79 Å². The summed E-state index contributed by atoms with van der Waals surface area (Å²) in [4.78, 5) is 19.3. The van der Waals surface area contributed by atoms with E-state index in [2.05, 4.69) is 4.57 Å². The number of amides is 1. The largest absolute Gasteiger partial charge is 0.343 e. The third-order valence-electron chi connectivity index (χ3n) is 5.04. The quantitative estimate of drug-likeness (QED) is 0.447. The van der Waals surface area contributed by atoms with Crippen LogP contribution in [0, 0.1) is 5.82 Å². The molecule has 0 atom stereocenters. The first-order chi connectivity index (χ1) is 14.5. The van der Waals surface area contributed by atoms with Gasteiger partial charge in [0.2, 0.25) is 5.91 Å². The van der Waals surface area contributed by atoms with E-state index in [9.17, 15) is 9.18 Å². The molecule has 1 aromatic heterocycles. The highest BCUT2D eigenvalue weighted by atomic mass is 35.5. The number of halogens is 3. The second-order valence-electron chi connectivity index (χ2n) is 7.11. The van der Waals surface area contributed by atoms with Crippen molar-refractivity contribution in [3.63, 3.8) is 0 Å². The molecule has 1 saturated heterocycles. The highest BCUT2D eigenvalue weighted by molar-refractivity contribution is 7.07. The Hall–Kier alpha value is -2.15. The van der Waals surface area contributed by atoms with Crippen LogP contribution in [0.25, 0.3) is 11.3 Å². The lowest BCUT2D eigenvalue weighted by molar-refractivity contribution is -0.127. The minimum Gasteiger partial charge on any atom is -0.343 e. The predicted molar refractivity (Wildman–Crippen MR) is 120 cm³/mol. The molecular weight excluding hydrogens is 444 g/mol. The molecule has 2 aromatic carbocycles. The van der Waals surface area contributed by atoms with Gasteiger partial charge in [-0.1, -0.05) is 23.2 Å². The van der Waals surface area contributed by atoms with Crippen molar-refractivity contribution < 1.29 is 9.18 Å². The third kappa shape index (κ3) is 4.77. The third-order valence-corrected chi connectivity index (χ3v) is 6.45. The van der Waals surface area contributed by atoms with E-state index in [1.54, 1.807) is 18.2 Å². The maximum atomic E-state index is 13.3. The van der Waals surface area contributed by atoms with Crippen LogP contribution in [0.4, 0.5) is 10.1 Å². The Balaban J connectivity index is 1.68. The number of rotatable bonds is 6. The Kier molecular flexibility index (Phi) is 6.56. The molecule has 3 aromatic rings. The summed E-state index contributed by atoms with van der Waals surface area (Å²) in [5.74, 6) is -0.0700. The van der Waals surface area contributed by atoms with E-state index in [1.807, 2.05) is 22.4 Å². The van der Waals surface area contributed by atoms with Crippen LogP contribution in [0.5, 0.6) is 0 Å². The van der Waals surface area contributed by atoms with Gasteiger partial charge in [-0.05, 0) is 55.3 Å². The Morgan fingerprint density at radius 2 is 1.90 bits per heavy atom. The van der Waals surface area contributed by atoms with Crippen LogP contribution in [-0.4, -0.2) is 28.5 Å². The number of carbonyl (C=O) groups is 1. The lowest BCUT2D eigenvalue weighted by atomic mass is 10.1. The van der Waals surface area contributed by atoms with Gasteiger partial charge in [-0.25, -0.2) is 9.38 Å². The smallest absolute Gasteiger partial charge is 0.222 e. The average molecular weight is 464 g/mol. The number of likely N-dealkylation sites (tertiary alicyclic amines) is 1. The molecule has 30 heavy (non-hydrogen) atoms. The zero-order chi connectivity index (χ0) is 21.1. The number of carbonyl (C=O) groups excluding carboxylic acids is 1. The fourth-order valence-electron chi connectivity index (χ4n) is 3.53. The SMILES string of the molecule is O=C1CCCN1CCCn1c(-c2ccc(Cl)cc2Cl)csc1=Nc1ccc(F)cc1. The number of benzene rings is 2. The molecule has 1 aliphatic heterocycles.